The molecule has 5 fully saturated rings. The van der Waals surface area contributed by atoms with Crippen molar-refractivity contribution in [2.45, 2.75) is 101 Å². The number of nitrogens with zero attached hydrogens (tertiary/aromatic N) is 3. The molecule has 1 aromatic rings. The smallest absolute Gasteiger partial charge is 0.255 e. The summed E-state index contributed by atoms with van der Waals surface area (Å²) in [6, 6.07) is 5.39. The first-order valence-electron chi connectivity index (χ1n) is 15.9. The molecule has 7 rings (SSSR count). The van der Waals surface area contributed by atoms with Gasteiger partial charge in [0, 0.05) is 50.7 Å². The van der Waals surface area contributed by atoms with E-state index >= 15 is 0 Å². The molecule has 1 unspecified atom stereocenters. The van der Waals surface area contributed by atoms with Gasteiger partial charge in [-0.3, -0.25) is 24.6 Å². The maximum atomic E-state index is 13.1. The van der Waals surface area contributed by atoms with Crippen molar-refractivity contribution in [1.82, 2.24) is 19.4 Å². The number of imide groups is 1. The van der Waals surface area contributed by atoms with Crippen molar-refractivity contribution in [2.24, 2.45) is 11.8 Å². The van der Waals surface area contributed by atoms with Crippen LogP contribution in [0.3, 0.4) is 0 Å². The molecule has 6 aliphatic rings. The van der Waals surface area contributed by atoms with Crippen molar-refractivity contribution in [1.29, 1.82) is 0 Å². The third kappa shape index (κ3) is 5.15. The number of fused-ring (bicyclic) bond motifs is 1. The predicted octanol–water partition coefficient (Wildman–Crippen LogP) is 2.66. The molecule has 228 valence electrons. The Bertz CT molecular complexity index is 1350. The largest absolute Gasteiger partial charge is 0.489 e. The first kappa shape index (κ1) is 28.3. The first-order chi connectivity index (χ1) is 20.3. The van der Waals surface area contributed by atoms with E-state index in [1.807, 2.05) is 18.2 Å². The fourth-order valence-electron chi connectivity index (χ4n) is 8.03. The number of rotatable bonds is 7. The van der Waals surface area contributed by atoms with Gasteiger partial charge in [0.25, 0.3) is 5.91 Å². The minimum atomic E-state index is -3.09. The summed E-state index contributed by atoms with van der Waals surface area (Å²) < 4.78 is 34.0. The van der Waals surface area contributed by atoms with E-state index < -0.39 is 22.0 Å². The second-order valence-electron chi connectivity index (χ2n) is 13.3. The van der Waals surface area contributed by atoms with E-state index in [4.69, 9.17) is 4.74 Å². The fourth-order valence-corrected chi connectivity index (χ4v) is 10.1. The number of carbonyl (C=O) groups excluding carboxylic acids is 3. The number of ether oxygens (including phenoxy) is 1. The van der Waals surface area contributed by atoms with Gasteiger partial charge in [-0.05, 0) is 87.0 Å². The molecular formula is C31H42N4O6S. The summed E-state index contributed by atoms with van der Waals surface area (Å²) in [6.07, 6.45) is 9.78. The molecule has 0 radical (unpaired) electrons. The normalized spacial score (nSPS) is 30.5. The van der Waals surface area contributed by atoms with E-state index in [1.54, 1.807) is 9.21 Å². The van der Waals surface area contributed by atoms with Crippen molar-refractivity contribution in [3.63, 3.8) is 0 Å². The van der Waals surface area contributed by atoms with Crippen LogP contribution in [0.5, 0.6) is 5.75 Å². The number of benzene rings is 1. The molecule has 11 heteroatoms. The number of sulfonamides is 1. The molecule has 0 spiro atoms. The van der Waals surface area contributed by atoms with Crippen LogP contribution >= 0.6 is 0 Å². The summed E-state index contributed by atoms with van der Waals surface area (Å²) in [7, 11) is -3.09. The summed E-state index contributed by atoms with van der Waals surface area (Å²) in [5.41, 5.74) is 1.47. The van der Waals surface area contributed by atoms with Gasteiger partial charge in [-0.2, -0.15) is 0 Å². The summed E-state index contributed by atoms with van der Waals surface area (Å²) in [4.78, 5) is 41.2. The zero-order valence-electron chi connectivity index (χ0n) is 24.2. The minimum Gasteiger partial charge on any atom is -0.489 e. The summed E-state index contributed by atoms with van der Waals surface area (Å²) >= 11 is 0. The zero-order valence-corrected chi connectivity index (χ0v) is 25.0. The topological polar surface area (TPSA) is 116 Å². The van der Waals surface area contributed by atoms with Crippen molar-refractivity contribution in [2.75, 3.05) is 26.2 Å². The second-order valence-corrected chi connectivity index (χ2v) is 15.5. The van der Waals surface area contributed by atoms with Gasteiger partial charge >= 0.3 is 0 Å². The van der Waals surface area contributed by atoms with Crippen molar-refractivity contribution in [3.05, 3.63) is 29.3 Å². The third-order valence-corrected chi connectivity index (χ3v) is 13.3. The van der Waals surface area contributed by atoms with Gasteiger partial charge < -0.3 is 9.64 Å². The number of nitrogens with one attached hydrogen (secondary N) is 1. The zero-order chi connectivity index (χ0) is 29.0. The molecule has 4 aliphatic heterocycles. The number of hydrogen-bond acceptors (Lipinski definition) is 7. The first-order valence-corrected chi connectivity index (χ1v) is 17.5. The predicted molar refractivity (Wildman–Crippen MR) is 155 cm³/mol. The molecule has 1 aromatic carbocycles. The summed E-state index contributed by atoms with van der Waals surface area (Å²) in [6.45, 7) is 3.82. The van der Waals surface area contributed by atoms with Crippen LogP contribution in [0.25, 0.3) is 0 Å². The van der Waals surface area contributed by atoms with Crippen LogP contribution in [0.1, 0.15) is 86.6 Å². The van der Waals surface area contributed by atoms with E-state index in [0.717, 1.165) is 75.8 Å². The van der Waals surface area contributed by atoms with Crippen LogP contribution < -0.4 is 10.1 Å². The SMILES string of the molecule is O=C1CCC(N2Cc3cc(O[C@H]4CCCC[C@H]4N4CC(C5CCN(S(=O)(=O)C6CCC6)CC5)C4)ccc3C2=O)C(=O)N1. The fraction of sp³-hybridized carbons (Fsp3) is 0.710. The average Bonchev–Trinajstić information content (AvgIpc) is 3.23. The quantitative estimate of drug-likeness (QED) is 0.480. The Morgan fingerprint density at radius 1 is 0.857 bits per heavy atom. The Labute approximate surface area is 248 Å². The Kier molecular flexibility index (Phi) is 7.55. The molecule has 3 saturated heterocycles. The number of piperidine rings is 2. The molecule has 3 amide bonds. The molecule has 0 bridgehead atoms. The Hall–Kier alpha value is -2.50. The monoisotopic (exact) mass is 598 g/mol. The Morgan fingerprint density at radius 3 is 2.33 bits per heavy atom. The number of amides is 3. The molecular weight excluding hydrogens is 556 g/mol. The molecule has 4 heterocycles. The van der Waals surface area contributed by atoms with Crippen LogP contribution in [0, 0.1) is 11.8 Å². The van der Waals surface area contributed by atoms with Gasteiger partial charge in [0.05, 0.1) is 5.25 Å². The van der Waals surface area contributed by atoms with Crippen molar-refractivity contribution >= 4 is 27.7 Å². The lowest BCUT2D eigenvalue weighted by molar-refractivity contribution is -0.136. The van der Waals surface area contributed by atoms with Gasteiger partial charge in [0.15, 0.2) is 0 Å². The number of carbonyl (C=O) groups is 3. The van der Waals surface area contributed by atoms with Gasteiger partial charge in [0.2, 0.25) is 21.8 Å². The molecule has 42 heavy (non-hydrogen) atoms. The van der Waals surface area contributed by atoms with Gasteiger partial charge in [-0.1, -0.05) is 12.8 Å². The highest BCUT2D eigenvalue weighted by Crippen LogP contribution is 2.39. The van der Waals surface area contributed by atoms with E-state index in [0.29, 0.717) is 49.5 Å². The lowest BCUT2D eigenvalue weighted by Crippen LogP contribution is -2.60. The van der Waals surface area contributed by atoms with Gasteiger partial charge in [-0.25, -0.2) is 12.7 Å². The van der Waals surface area contributed by atoms with Crippen molar-refractivity contribution < 1.29 is 27.5 Å². The van der Waals surface area contributed by atoms with E-state index in [9.17, 15) is 22.8 Å². The van der Waals surface area contributed by atoms with E-state index in [2.05, 4.69) is 10.2 Å². The van der Waals surface area contributed by atoms with Crippen LogP contribution in [0.2, 0.25) is 0 Å². The lowest BCUT2D eigenvalue weighted by Gasteiger charge is -2.51. The molecule has 10 nitrogen and oxygen atoms in total. The third-order valence-electron chi connectivity index (χ3n) is 10.9. The Balaban J connectivity index is 0.938. The highest BCUT2D eigenvalue weighted by molar-refractivity contribution is 7.89. The second kappa shape index (κ2) is 11.2. The molecule has 2 saturated carbocycles. The van der Waals surface area contributed by atoms with Crippen LogP contribution in [0.15, 0.2) is 18.2 Å². The Morgan fingerprint density at radius 2 is 1.62 bits per heavy atom. The standard InChI is InChI=1S/C31H42N4O6S/c36-29-11-10-27(30(37)32-29)35-19-21-16-23(8-9-25(21)31(35)38)41-28-7-2-1-6-26(28)33-17-22(18-33)20-12-14-34(15-13-20)42(39,40)24-4-3-5-24/h8-9,16,20,22,24,26-28H,1-7,10-15,17-19H2,(H,32,36,37)/t26-,27?,28+/m1/s1. The van der Waals surface area contributed by atoms with Crippen molar-refractivity contribution in [3.8, 4) is 5.75 Å². The van der Waals surface area contributed by atoms with Crippen LogP contribution in [0.4, 0.5) is 0 Å². The highest BCUT2D eigenvalue weighted by atomic mass is 32.2. The maximum Gasteiger partial charge on any atom is 0.255 e. The highest BCUT2D eigenvalue weighted by Gasteiger charge is 2.44. The van der Waals surface area contributed by atoms with Crippen LogP contribution in [-0.2, 0) is 26.2 Å². The summed E-state index contributed by atoms with van der Waals surface area (Å²) in [5, 5.41) is 2.23. The van der Waals surface area contributed by atoms with Gasteiger partial charge in [-0.15, -0.1) is 0 Å². The average molecular weight is 599 g/mol. The number of likely N-dealkylation sites (tertiary alicyclic amines) is 1. The molecule has 2 aliphatic carbocycles. The maximum absolute atomic E-state index is 13.1. The molecule has 0 aromatic heterocycles. The lowest BCUT2D eigenvalue weighted by atomic mass is 9.78. The molecule has 3 atom stereocenters. The molecule has 1 N–H and O–H groups in total. The van der Waals surface area contributed by atoms with Crippen LogP contribution in [-0.4, -0.2) is 89.9 Å². The summed E-state index contributed by atoms with van der Waals surface area (Å²) in [5.74, 6) is 1.14. The van der Waals surface area contributed by atoms with E-state index in [-0.39, 0.29) is 29.6 Å². The van der Waals surface area contributed by atoms with Gasteiger partial charge in [0.1, 0.15) is 17.9 Å². The minimum absolute atomic E-state index is 0.0931. The number of hydrogen-bond donors (Lipinski definition) is 1. The van der Waals surface area contributed by atoms with E-state index in [1.165, 1.54) is 6.42 Å².